The van der Waals surface area contributed by atoms with Crippen LogP contribution in [0, 0.1) is 0 Å². The van der Waals surface area contributed by atoms with Gasteiger partial charge in [-0.05, 0) is 0 Å². The molecule has 0 unspecified atom stereocenters. The third-order valence-corrected chi connectivity index (χ3v) is 2.36. The molecule has 0 saturated carbocycles. The maximum atomic E-state index is 12.2. The van der Waals surface area contributed by atoms with Gasteiger partial charge in [-0.1, -0.05) is 0 Å². The molecule has 15 heavy (non-hydrogen) atoms. The molecular weight excluding hydrogens is 235 g/mol. The van der Waals surface area contributed by atoms with E-state index in [-0.39, 0.29) is 0 Å². The quantitative estimate of drug-likeness (QED) is 0.723. The Labute approximate surface area is 83.1 Å². The Morgan fingerprint density at radius 2 is 1.87 bits per heavy atom. The fraction of sp³-hybridized carbons (Fsp3) is 0.333. The van der Waals surface area contributed by atoms with Crippen LogP contribution in [0.25, 0.3) is 0 Å². The second-order valence-corrected chi connectivity index (χ2v) is 4.68. The third-order valence-electron chi connectivity index (χ3n) is 1.39. The van der Waals surface area contributed by atoms with Gasteiger partial charge in [0, 0.05) is 12.3 Å². The number of sulfone groups is 1. The minimum Gasteiger partial charge on any atom is -0.368 e. The summed E-state index contributed by atoms with van der Waals surface area (Å²) in [6.45, 7) is 0. The predicted molar refractivity (Wildman–Crippen MR) is 44.6 cm³/mol. The van der Waals surface area contributed by atoms with Crippen molar-refractivity contribution in [3.63, 3.8) is 0 Å². The van der Waals surface area contributed by atoms with E-state index in [0.29, 0.717) is 6.07 Å². The first-order valence-corrected chi connectivity index (χ1v) is 5.41. The molecule has 0 aliphatic rings. The minimum atomic E-state index is -4.75. The summed E-state index contributed by atoms with van der Waals surface area (Å²) >= 11 is 0. The van der Waals surface area contributed by atoms with Crippen LogP contribution in [0.4, 0.5) is 19.1 Å². The number of halogens is 3. The van der Waals surface area contributed by atoms with Crippen molar-refractivity contribution >= 4 is 15.8 Å². The maximum Gasteiger partial charge on any atom is 0.433 e. The highest BCUT2D eigenvalue weighted by Gasteiger charge is 2.34. The van der Waals surface area contributed by atoms with Crippen LogP contribution in [0.15, 0.2) is 11.1 Å². The molecule has 0 aliphatic heterocycles. The smallest absolute Gasteiger partial charge is 0.368 e. The molecule has 0 bridgehead atoms. The van der Waals surface area contributed by atoms with Crippen LogP contribution in [0.3, 0.4) is 0 Å². The standard InChI is InChI=1S/C6H6F3N3O2S/c1-15(13,14)4-2-3(6(7,8)9)11-5(10)12-4/h2H,1H3,(H2,10,11,12). The summed E-state index contributed by atoms with van der Waals surface area (Å²) in [6, 6.07) is 0.339. The van der Waals surface area contributed by atoms with Gasteiger partial charge >= 0.3 is 6.18 Å². The van der Waals surface area contributed by atoms with E-state index in [9.17, 15) is 21.6 Å². The molecule has 2 N–H and O–H groups in total. The van der Waals surface area contributed by atoms with Gasteiger partial charge in [0.2, 0.25) is 5.95 Å². The van der Waals surface area contributed by atoms with Gasteiger partial charge < -0.3 is 5.73 Å². The SMILES string of the molecule is CS(=O)(=O)c1cc(C(F)(F)F)nc(N)n1. The number of nitrogen functional groups attached to an aromatic ring is 1. The molecule has 1 aromatic rings. The average Bonchev–Trinajstić information content (AvgIpc) is 1.99. The van der Waals surface area contributed by atoms with Crippen molar-refractivity contribution in [3.05, 3.63) is 11.8 Å². The summed E-state index contributed by atoms with van der Waals surface area (Å²) in [5.41, 5.74) is 3.59. The second-order valence-electron chi connectivity index (χ2n) is 2.72. The Bertz CT molecular complexity index is 483. The Hall–Kier alpha value is -1.38. The zero-order valence-corrected chi connectivity index (χ0v) is 8.22. The molecule has 1 aromatic heterocycles. The van der Waals surface area contributed by atoms with Crippen LogP contribution in [0.5, 0.6) is 0 Å². The number of anilines is 1. The van der Waals surface area contributed by atoms with Gasteiger partial charge in [0.25, 0.3) is 0 Å². The monoisotopic (exact) mass is 241 g/mol. The third kappa shape index (κ3) is 2.78. The lowest BCUT2D eigenvalue weighted by molar-refractivity contribution is -0.141. The van der Waals surface area contributed by atoms with Crippen molar-refractivity contribution in [1.82, 2.24) is 9.97 Å². The number of rotatable bonds is 1. The number of nitrogens with zero attached hydrogens (tertiary/aromatic N) is 2. The summed E-state index contributed by atoms with van der Waals surface area (Å²) in [5, 5.41) is -0.748. The first kappa shape index (κ1) is 11.7. The van der Waals surface area contributed by atoms with Gasteiger partial charge in [0.15, 0.2) is 20.6 Å². The highest BCUT2D eigenvalue weighted by Crippen LogP contribution is 2.28. The van der Waals surface area contributed by atoms with Crippen molar-refractivity contribution in [2.75, 3.05) is 12.0 Å². The molecule has 0 atom stereocenters. The maximum absolute atomic E-state index is 12.2. The van der Waals surface area contributed by atoms with Crippen molar-refractivity contribution in [1.29, 1.82) is 0 Å². The summed E-state index contributed by atoms with van der Waals surface area (Å²) < 4.78 is 58.5. The number of aromatic nitrogens is 2. The van der Waals surface area contributed by atoms with Crippen molar-refractivity contribution in [3.8, 4) is 0 Å². The number of hydrogen-bond acceptors (Lipinski definition) is 5. The molecule has 84 valence electrons. The highest BCUT2D eigenvalue weighted by molar-refractivity contribution is 7.90. The summed E-state index contributed by atoms with van der Waals surface area (Å²) in [5.74, 6) is -0.731. The predicted octanol–water partition coefficient (Wildman–Crippen LogP) is 0.481. The molecule has 1 rings (SSSR count). The van der Waals surface area contributed by atoms with Crippen LogP contribution in [-0.4, -0.2) is 24.6 Å². The van der Waals surface area contributed by atoms with Crippen LogP contribution >= 0.6 is 0 Å². The molecule has 5 nitrogen and oxygen atoms in total. The van der Waals surface area contributed by atoms with Crippen LogP contribution < -0.4 is 5.73 Å². The zero-order chi connectivity index (χ0) is 11.9. The van der Waals surface area contributed by atoms with Crippen molar-refractivity contribution in [2.45, 2.75) is 11.2 Å². The lowest BCUT2D eigenvalue weighted by Gasteiger charge is -2.07. The number of hydrogen-bond donors (Lipinski definition) is 1. The Kier molecular flexibility index (Phi) is 2.60. The van der Waals surface area contributed by atoms with E-state index < -0.39 is 32.7 Å². The van der Waals surface area contributed by atoms with E-state index in [0.717, 1.165) is 6.26 Å². The first-order valence-electron chi connectivity index (χ1n) is 3.52. The van der Waals surface area contributed by atoms with Gasteiger partial charge in [-0.3, -0.25) is 0 Å². The van der Waals surface area contributed by atoms with Crippen LogP contribution in [0.2, 0.25) is 0 Å². The molecule has 0 aromatic carbocycles. The topological polar surface area (TPSA) is 85.9 Å². The molecule has 1 heterocycles. The van der Waals surface area contributed by atoms with Gasteiger partial charge in [-0.25, -0.2) is 18.4 Å². The second kappa shape index (κ2) is 3.33. The van der Waals surface area contributed by atoms with Crippen molar-refractivity contribution in [2.24, 2.45) is 0 Å². The number of alkyl halides is 3. The summed E-state index contributed by atoms with van der Waals surface area (Å²) in [6.07, 6.45) is -4.02. The number of nitrogens with two attached hydrogens (primary N) is 1. The van der Waals surface area contributed by atoms with E-state index in [1.165, 1.54) is 0 Å². The molecule has 0 aliphatic carbocycles. The first-order chi connectivity index (χ1) is 6.60. The van der Waals surface area contributed by atoms with Crippen LogP contribution in [0.1, 0.15) is 5.69 Å². The molecule has 0 radical (unpaired) electrons. The van der Waals surface area contributed by atoms with Gasteiger partial charge in [-0.2, -0.15) is 13.2 Å². The summed E-state index contributed by atoms with van der Waals surface area (Å²) in [7, 11) is -3.84. The van der Waals surface area contributed by atoms with Crippen molar-refractivity contribution < 1.29 is 21.6 Å². The Balaban J connectivity index is 3.43. The summed E-state index contributed by atoms with van der Waals surface area (Å²) in [4.78, 5) is 6.09. The van der Waals surface area contributed by atoms with Gasteiger partial charge in [0.1, 0.15) is 0 Å². The lowest BCUT2D eigenvalue weighted by atomic mass is 10.4. The molecule has 9 heteroatoms. The molecule has 0 fully saturated rings. The molecule has 0 amide bonds. The molecule has 0 saturated heterocycles. The van der Waals surface area contributed by atoms with E-state index in [2.05, 4.69) is 9.97 Å². The van der Waals surface area contributed by atoms with E-state index in [4.69, 9.17) is 5.73 Å². The average molecular weight is 241 g/mol. The lowest BCUT2D eigenvalue weighted by Crippen LogP contribution is -2.13. The molecular formula is C6H6F3N3O2S. The normalized spacial score (nSPS) is 12.8. The fourth-order valence-corrected chi connectivity index (χ4v) is 1.36. The zero-order valence-electron chi connectivity index (χ0n) is 7.41. The Morgan fingerprint density at radius 3 is 2.27 bits per heavy atom. The van der Waals surface area contributed by atoms with E-state index in [1.807, 2.05) is 0 Å². The van der Waals surface area contributed by atoms with E-state index in [1.54, 1.807) is 0 Å². The van der Waals surface area contributed by atoms with E-state index >= 15 is 0 Å². The fourth-order valence-electron chi connectivity index (χ4n) is 0.778. The van der Waals surface area contributed by atoms with Gasteiger partial charge in [-0.15, -0.1) is 0 Å². The largest absolute Gasteiger partial charge is 0.433 e. The highest BCUT2D eigenvalue weighted by atomic mass is 32.2. The van der Waals surface area contributed by atoms with Crippen LogP contribution in [-0.2, 0) is 16.0 Å². The Morgan fingerprint density at radius 1 is 1.33 bits per heavy atom. The minimum absolute atomic E-state index is 0.339. The van der Waals surface area contributed by atoms with Gasteiger partial charge in [0.05, 0.1) is 0 Å². The molecule has 0 spiro atoms.